The summed E-state index contributed by atoms with van der Waals surface area (Å²) in [4.78, 5) is 0. The van der Waals surface area contributed by atoms with E-state index in [-0.39, 0.29) is 98.1 Å². The second-order valence-electron chi connectivity index (χ2n) is 5.58. The summed E-state index contributed by atoms with van der Waals surface area (Å²) in [5.74, 6) is 2.73. The molecule has 0 aromatic carbocycles. The van der Waals surface area contributed by atoms with Crippen LogP contribution in [-0.4, -0.2) is 39.3 Å². The van der Waals surface area contributed by atoms with Gasteiger partial charge >= 0.3 is 0 Å². The third kappa shape index (κ3) is 14.8. The Kier molecular flexibility index (Phi) is 26.0. The Hall–Kier alpha value is 3.19. The van der Waals surface area contributed by atoms with Crippen LogP contribution in [-0.2, 0) is 98.1 Å². The fraction of sp³-hybridized carbons (Fsp3) is 1.00. The molecular formula is C14H28N3Y3-3. The van der Waals surface area contributed by atoms with Crippen molar-refractivity contribution >= 4 is 0 Å². The SMILES string of the molecule is CC1CC[N-]C1.CC1C[N-]C1.CCC1C[N-]C1.[Y].[Y].[Y]. The summed E-state index contributed by atoms with van der Waals surface area (Å²) in [6.07, 6.45) is 2.64. The van der Waals surface area contributed by atoms with Crippen LogP contribution in [0.2, 0.25) is 0 Å². The molecule has 3 heterocycles. The van der Waals surface area contributed by atoms with E-state index < -0.39 is 0 Å². The van der Waals surface area contributed by atoms with Crippen LogP contribution in [0.1, 0.15) is 33.6 Å². The molecule has 6 heteroatoms. The molecular weight excluding hydrogens is 477 g/mol. The smallest absolute Gasteiger partial charge is 0 e. The molecule has 3 rings (SSSR count). The first kappa shape index (κ1) is 28.0. The first-order valence-electron chi connectivity index (χ1n) is 7.12. The van der Waals surface area contributed by atoms with Crippen LogP contribution in [0.4, 0.5) is 0 Å². The summed E-state index contributed by atoms with van der Waals surface area (Å²) >= 11 is 0. The van der Waals surface area contributed by atoms with Gasteiger partial charge < -0.3 is 16.0 Å². The molecule has 3 aliphatic rings. The van der Waals surface area contributed by atoms with Gasteiger partial charge in [0.1, 0.15) is 0 Å². The minimum Gasteiger partial charge on any atom is -0.662 e. The van der Waals surface area contributed by atoms with Gasteiger partial charge in [0, 0.05) is 98.1 Å². The Bertz CT molecular complexity index is 180. The maximum atomic E-state index is 4.16. The van der Waals surface area contributed by atoms with E-state index in [1.165, 1.54) is 12.8 Å². The average molecular weight is 505 g/mol. The molecule has 3 saturated heterocycles. The second-order valence-corrected chi connectivity index (χ2v) is 5.58. The van der Waals surface area contributed by atoms with Gasteiger partial charge in [-0.05, 0) is 0 Å². The standard InChI is InChI=1S/2C5H10N.C4H8N.3Y/c1-5-2-3-6-4-5;1-2-5-3-6-4-5;1-4-2-5-3-4;;;/h2*5H,2-4H2,1H3;4H,2-3H2,1H3;;;/q3*-1;;;. The van der Waals surface area contributed by atoms with Gasteiger partial charge in [0.15, 0.2) is 0 Å². The maximum Gasteiger partial charge on any atom is 0 e. The molecule has 0 aromatic rings. The van der Waals surface area contributed by atoms with Crippen LogP contribution in [0.5, 0.6) is 0 Å². The van der Waals surface area contributed by atoms with Crippen LogP contribution >= 0.6 is 0 Å². The monoisotopic (exact) mass is 505 g/mol. The molecule has 0 spiro atoms. The van der Waals surface area contributed by atoms with Gasteiger partial charge in [-0.15, -0.1) is 39.3 Å². The summed E-state index contributed by atoms with van der Waals surface area (Å²) < 4.78 is 0. The third-order valence-electron chi connectivity index (χ3n) is 3.45. The van der Waals surface area contributed by atoms with Crippen molar-refractivity contribution in [3.63, 3.8) is 0 Å². The molecule has 0 saturated carbocycles. The number of rotatable bonds is 1. The van der Waals surface area contributed by atoms with Crippen molar-refractivity contribution in [3.05, 3.63) is 16.0 Å². The normalized spacial score (nSPS) is 23.9. The van der Waals surface area contributed by atoms with Crippen molar-refractivity contribution in [1.29, 1.82) is 0 Å². The van der Waals surface area contributed by atoms with E-state index in [9.17, 15) is 0 Å². The summed E-state index contributed by atoms with van der Waals surface area (Å²) in [6, 6.07) is 0. The molecule has 0 amide bonds. The zero-order valence-corrected chi connectivity index (χ0v) is 22.0. The van der Waals surface area contributed by atoms with Crippen LogP contribution in [0, 0.1) is 17.8 Å². The Labute approximate surface area is 201 Å². The second kappa shape index (κ2) is 18.5. The Morgan fingerprint density at radius 1 is 0.750 bits per heavy atom. The van der Waals surface area contributed by atoms with Crippen molar-refractivity contribution in [2.75, 3.05) is 39.3 Å². The fourth-order valence-electron chi connectivity index (χ4n) is 1.67. The van der Waals surface area contributed by atoms with Crippen molar-refractivity contribution in [3.8, 4) is 0 Å². The van der Waals surface area contributed by atoms with Crippen molar-refractivity contribution < 1.29 is 98.1 Å². The van der Waals surface area contributed by atoms with E-state index in [0.717, 1.165) is 57.0 Å². The van der Waals surface area contributed by atoms with Crippen molar-refractivity contribution in [2.45, 2.75) is 33.6 Å². The first-order valence-corrected chi connectivity index (χ1v) is 7.12. The molecule has 3 fully saturated rings. The van der Waals surface area contributed by atoms with E-state index in [2.05, 4.69) is 36.7 Å². The van der Waals surface area contributed by atoms with Gasteiger partial charge in [0.25, 0.3) is 0 Å². The summed E-state index contributed by atoms with van der Waals surface area (Å²) in [6.45, 7) is 13.4. The molecule has 3 radical (unpaired) electrons. The van der Waals surface area contributed by atoms with E-state index in [0.29, 0.717) is 0 Å². The molecule has 1 atom stereocenters. The summed E-state index contributed by atoms with van der Waals surface area (Å²) in [5, 5.41) is 12.2. The third-order valence-corrected chi connectivity index (χ3v) is 3.45. The first-order chi connectivity index (χ1) is 8.22. The van der Waals surface area contributed by atoms with Crippen molar-refractivity contribution in [2.24, 2.45) is 17.8 Å². The van der Waals surface area contributed by atoms with Crippen LogP contribution in [0.15, 0.2) is 0 Å². The minimum absolute atomic E-state index is 0. The van der Waals surface area contributed by atoms with Crippen molar-refractivity contribution in [1.82, 2.24) is 0 Å². The number of hydrogen-bond donors (Lipinski definition) is 0. The van der Waals surface area contributed by atoms with E-state index in [4.69, 9.17) is 0 Å². The summed E-state index contributed by atoms with van der Waals surface area (Å²) in [5.41, 5.74) is 0. The quantitative estimate of drug-likeness (QED) is 0.521. The van der Waals surface area contributed by atoms with E-state index in [1.54, 1.807) is 0 Å². The Balaban J connectivity index is -0.000000202. The van der Waals surface area contributed by atoms with Gasteiger partial charge in [-0.2, -0.15) is 0 Å². The van der Waals surface area contributed by atoms with Crippen LogP contribution in [0.25, 0.3) is 16.0 Å². The molecule has 0 bridgehead atoms. The molecule has 111 valence electrons. The number of nitrogens with zero attached hydrogens (tertiary/aromatic N) is 3. The van der Waals surface area contributed by atoms with Gasteiger partial charge in [-0.25, -0.2) is 0 Å². The molecule has 0 aliphatic carbocycles. The molecule has 0 aromatic heterocycles. The molecule has 3 aliphatic heterocycles. The average Bonchev–Trinajstić information content (AvgIpc) is 2.66. The molecule has 20 heavy (non-hydrogen) atoms. The Morgan fingerprint density at radius 2 is 1.25 bits per heavy atom. The van der Waals surface area contributed by atoms with Gasteiger partial charge in [-0.1, -0.05) is 51.4 Å². The predicted octanol–water partition coefficient (Wildman–Crippen LogP) is 3.80. The molecule has 0 N–H and O–H groups in total. The molecule has 1 unspecified atom stereocenters. The zero-order chi connectivity index (χ0) is 12.5. The Morgan fingerprint density at radius 3 is 1.30 bits per heavy atom. The predicted molar refractivity (Wildman–Crippen MR) is 76.0 cm³/mol. The molecule has 3 nitrogen and oxygen atoms in total. The zero-order valence-electron chi connectivity index (χ0n) is 13.5. The van der Waals surface area contributed by atoms with Gasteiger partial charge in [0.2, 0.25) is 0 Å². The minimum atomic E-state index is 0. The van der Waals surface area contributed by atoms with Gasteiger partial charge in [-0.3, -0.25) is 0 Å². The van der Waals surface area contributed by atoms with E-state index >= 15 is 0 Å². The van der Waals surface area contributed by atoms with Crippen LogP contribution in [0.3, 0.4) is 0 Å². The largest absolute Gasteiger partial charge is 0.662 e. The maximum absolute atomic E-state index is 4.16. The van der Waals surface area contributed by atoms with Crippen LogP contribution < -0.4 is 0 Å². The topological polar surface area (TPSA) is 42.3 Å². The fourth-order valence-corrected chi connectivity index (χ4v) is 1.67. The summed E-state index contributed by atoms with van der Waals surface area (Å²) in [7, 11) is 0. The van der Waals surface area contributed by atoms with Gasteiger partial charge in [0.05, 0.1) is 0 Å². The number of hydrogen-bond acceptors (Lipinski definition) is 0. The van der Waals surface area contributed by atoms with E-state index in [1.807, 2.05) is 0 Å².